The van der Waals surface area contributed by atoms with E-state index >= 15 is 0 Å². The maximum Gasteiger partial charge on any atom is 0.245 e. The monoisotopic (exact) mass is 988 g/mol. The maximum absolute atomic E-state index is 14.0. The molecule has 8 unspecified atom stereocenters. The van der Waals surface area contributed by atoms with Crippen LogP contribution in [0.15, 0.2) is 0 Å². The molecule has 27 nitrogen and oxygen atoms in total. The molecule has 21 N–H and O–H groups in total. The highest BCUT2D eigenvalue weighted by atomic mass is 33.1. The molecular weight excluding hydrogens is 921 g/mol. The van der Waals surface area contributed by atoms with Crippen LogP contribution in [0.2, 0.25) is 0 Å². The molecule has 67 heavy (non-hydrogen) atoms. The highest BCUT2D eigenvalue weighted by Gasteiger charge is 2.34. The Labute approximate surface area is 396 Å². The summed E-state index contributed by atoms with van der Waals surface area (Å²) in [5.41, 5.74) is 22.5. The second-order valence-electron chi connectivity index (χ2n) is 15.5. The molecule has 0 aliphatic carbocycles. The van der Waals surface area contributed by atoms with Gasteiger partial charge >= 0.3 is 0 Å². The van der Waals surface area contributed by atoms with Gasteiger partial charge in [0, 0.05) is 31.0 Å². The fraction of sp³-hybridized carbons (Fsp3) is 0.684. The van der Waals surface area contributed by atoms with Gasteiger partial charge in [-0.25, -0.2) is 0 Å². The molecule has 9 amide bonds. The smallest absolute Gasteiger partial charge is 0.245 e. The van der Waals surface area contributed by atoms with Crippen LogP contribution in [0.5, 0.6) is 0 Å². The first kappa shape index (κ1) is 59.2. The van der Waals surface area contributed by atoms with Crippen molar-refractivity contribution in [1.82, 2.24) is 53.2 Å². The summed E-state index contributed by atoms with van der Waals surface area (Å²) in [7, 11) is 2.07. The first-order chi connectivity index (χ1) is 31.5. The Morgan fingerprint density at radius 2 is 1.16 bits per heavy atom. The van der Waals surface area contributed by atoms with Crippen LogP contribution in [0.25, 0.3) is 0 Å². The zero-order chi connectivity index (χ0) is 50.6. The number of Topliss-reactive ketones (excluding diaryl/α,β-unsaturated/α-hetero) is 1. The van der Waals surface area contributed by atoms with Crippen LogP contribution in [0, 0.1) is 10.8 Å². The number of hydrogen-bond acceptors (Lipinski definition) is 17. The predicted molar refractivity (Wildman–Crippen MR) is 249 cm³/mol. The minimum atomic E-state index is -1.74. The number of hydrogen-bond donors (Lipinski definition) is 17. The third kappa shape index (κ3) is 25.1. The van der Waals surface area contributed by atoms with E-state index in [1.165, 1.54) is 20.8 Å². The van der Waals surface area contributed by atoms with Crippen molar-refractivity contribution in [2.75, 3.05) is 44.2 Å². The van der Waals surface area contributed by atoms with Crippen molar-refractivity contribution in [2.24, 2.45) is 22.9 Å². The Hall–Kier alpha value is -5.78. The van der Waals surface area contributed by atoms with E-state index in [1.54, 1.807) is 0 Å². The molecule has 378 valence electrons. The first-order valence-corrected chi connectivity index (χ1v) is 23.9. The molecule has 1 heterocycles. The molecule has 0 spiro atoms. The van der Waals surface area contributed by atoms with Crippen molar-refractivity contribution in [3.63, 3.8) is 0 Å². The van der Waals surface area contributed by atoms with Crippen LogP contribution in [0.3, 0.4) is 0 Å². The third-order valence-electron chi connectivity index (χ3n) is 9.52. The number of carbonyl (C=O) groups is 10. The molecule has 0 aromatic carbocycles. The molecule has 1 saturated heterocycles. The van der Waals surface area contributed by atoms with E-state index in [9.17, 15) is 53.1 Å². The van der Waals surface area contributed by atoms with Crippen molar-refractivity contribution in [1.29, 1.82) is 10.8 Å². The number of rotatable bonds is 16. The standard InChI is InChI=1S/C38H68N16O11S2/c1-19(55)14-26-36(64)52-24(8-4-5-11-39)34(62)51-25(10-7-13-46-38(43)44)35(63)54-30(20(2)56)37(65)53-23(9-6-12-45-21(3)40)33(61)48-16-29(58)50-27(31(42)59)18-67-66-17-22(41)32(60)47-15-28(57)49-26/h20,22-27,30,56H,4-18,39,41H2,1-3H3,(H2,40,45)(H2,42,59)(H,47,60)(H,48,61)(H,49,57)(H,50,58)(H,51,62)(H,52,64)(H,53,65)(H,54,63)(H4,43,44,46). The van der Waals surface area contributed by atoms with Crippen molar-refractivity contribution in [3.05, 3.63) is 0 Å². The quantitative estimate of drug-likeness (QED) is 0.0296. The molecule has 0 saturated carbocycles. The predicted octanol–water partition coefficient (Wildman–Crippen LogP) is -6.55. The van der Waals surface area contributed by atoms with E-state index in [1.807, 2.05) is 0 Å². The fourth-order valence-electron chi connectivity index (χ4n) is 5.96. The molecule has 0 bridgehead atoms. The summed E-state index contributed by atoms with van der Waals surface area (Å²) in [4.78, 5) is 132. The van der Waals surface area contributed by atoms with Gasteiger partial charge in [-0.15, -0.1) is 0 Å². The fourth-order valence-corrected chi connectivity index (χ4v) is 8.26. The minimum Gasteiger partial charge on any atom is -0.391 e. The average Bonchev–Trinajstić information content (AvgIpc) is 3.25. The minimum absolute atomic E-state index is 0.0259. The molecular formula is C38H68N16O11S2. The topological polar surface area (TPSA) is 463 Å². The van der Waals surface area contributed by atoms with Crippen LogP contribution >= 0.6 is 21.6 Å². The number of amides is 9. The highest BCUT2D eigenvalue weighted by molar-refractivity contribution is 8.76. The summed E-state index contributed by atoms with van der Waals surface area (Å²) in [6, 6.07) is -9.88. The normalized spacial score (nSPS) is 24.4. The summed E-state index contributed by atoms with van der Waals surface area (Å²) in [6.45, 7) is 2.99. The van der Waals surface area contributed by atoms with E-state index in [2.05, 4.69) is 53.2 Å². The number of aliphatic hydroxyl groups excluding tert-OH is 1. The lowest BCUT2D eigenvalue weighted by molar-refractivity contribution is -0.137. The summed E-state index contributed by atoms with van der Waals surface area (Å²) in [6.07, 6.45) is -1.30. The summed E-state index contributed by atoms with van der Waals surface area (Å²) in [5.74, 6) is -9.04. The number of unbranched alkanes of at least 4 members (excludes halogenated alkanes) is 1. The van der Waals surface area contributed by atoms with Gasteiger partial charge in [0.05, 0.1) is 31.1 Å². The second-order valence-corrected chi connectivity index (χ2v) is 18.1. The Balaban J connectivity index is 3.69. The molecule has 1 aliphatic heterocycles. The number of nitrogens with one attached hydrogen (secondary N) is 12. The van der Waals surface area contributed by atoms with E-state index in [0.29, 0.717) is 12.8 Å². The van der Waals surface area contributed by atoms with Gasteiger partial charge < -0.3 is 81.2 Å². The van der Waals surface area contributed by atoms with E-state index in [0.717, 1.165) is 21.6 Å². The van der Waals surface area contributed by atoms with Crippen LogP contribution < -0.4 is 76.1 Å². The number of nitrogens with two attached hydrogens (primary N) is 4. The molecule has 0 radical (unpaired) electrons. The van der Waals surface area contributed by atoms with E-state index in [-0.39, 0.29) is 75.0 Å². The van der Waals surface area contributed by atoms with Crippen molar-refractivity contribution < 1.29 is 53.1 Å². The van der Waals surface area contributed by atoms with Crippen LogP contribution in [0.4, 0.5) is 0 Å². The molecule has 1 aliphatic rings. The Morgan fingerprint density at radius 1 is 0.672 bits per heavy atom. The molecule has 29 heteroatoms. The molecule has 0 aromatic heterocycles. The second kappa shape index (κ2) is 32.0. The van der Waals surface area contributed by atoms with E-state index < -0.39 is 127 Å². The van der Waals surface area contributed by atoms with Crippen molar-refractivity contribution in [2.45, 2.75) is 121 Å². The number of guanidine groups is 1. The van der Waals surface area contributed by atoms with Gasteiger partial charge in [-0.05, 0) is 72.3 Å². The highest BCUT2D eigenvalue weighted by Crippen LogP contribution is 2.22. The number of ketones is 1. The van der Waals surface area contributed by atoms with Crippen molar-refractivity contribution >= 4 is 92.3 Å². The van der Waals surface area contributed by atoms with Crippen LogP contribution in [-0.4, -0.2) is 168 Å². The Bertz CT molecular complexity index is 1760. The zero-order valence-corrected chi connectivity index (χ0v) is 39.5. The summed E-state index contributed by atoms with van der Waals surface area (Å²) >= 11 is 0. The molecule has 1 rings (SSSR count). The largest absolute Gasteiger partial charge is 0.391 e. The first-order valence-electron chi connectivity index (χ1n) is 21.5. The lowest BCUT2D eigenvalue weighted by Crippen LogP contribution is -2.61. The number of amidine groups is 1. The summed E-state index contributed by atoms with van der Waals surface area (Å²) in [5, 5.41) is 50.6. The Kier molecular flexibility index (Phi) is 28.3. The average molecular weight is 989 g/mol. The van der Waals surface area contributed by atoms with Crippen molar-refractivity contribution in [3.8, 4) is 0 Å². The molecule has 8 atom stereocenters. The molecule has 0 aromatic rings. The van der Waals surface area contributed by atoms with Gasteiger partial charge in [-0.3, -0.25) is 58.8 Å². The van der Waals surface area contributed by atoms with Crippen LogP contribution in [0.1, 0.15) is 72.1 Å². The number of primary amides is 1. The maximum atomic E-state index is 14.0. The lowest BCUT2D eigenvalue weighted by atomic mass is 10.0. The van der Waals surface area contributed by atoms with Gasteiger partial charge in [-0.1, -0.05) is 21.6 Å². The Morgan fingerprint density at radius 3 is 1.70 bits per heavy atom. The summed E-state index contributed by atoms with van der Waals surface area (Å²) < 4.78 is 0. The SMILES string of the molecule is CC(=N)NCCCC1NC(=O)C(C(C)O)NC(=O)C(CCCNC(=N)N)NC(=O)C(CCCCN)NC(=O)C(CC(C)=O)NC(=O)CNC(=O)C(N)CSSCC(C(N)=O)NC(=O)CNC1=O. The van der Waals surface area contributed by atoms with Gasteiger partial charge in [0.1, 0.15) is 42.0 Å². The number of aliphatic hydroxyl groups is 1. The van der Waals surface area contributed by atoms with E-state index in [4.69, 9.17) is 33.8 Å². The van der Waals surface area contributed by atoms with Crippen LogP contribution in [-0.2, 0) is 47.9 Å². The van der Waals surface area contributed by atoms with Gasteiger partial charge in [0.25, 0.3) is 0 Å². The van der Waals surface area contributed by atoms with Gasteiger partial charge in [0.15, 0.2) is 5.96 Å². The van der Waals surface area contributed by atoms with Gasteiger partial charge in [-0.2, -0.15) is 0 Å². The van der Waals surface area contributed by atoms with Gasteiger partial charge in [0.2, 0.25) is 53.2 Å². The lowest BCUT2D eigenvalue weighted by Gasteiger charge is -2.28. The zero-order valence-electron chi connectivity index (χ0n) is 37.9. The number of carbonyl (C=O) groups excluding carboxylic acids is 10. The third-order valence-corrected chi connectivity index (χ3v) is 12.0. The molecule has 1 fully saturated rings.